The topological polar surface area (TPSA) is 44.8 Å². The van der Waals surface area contributed by atoms with Crippen LogP contribution in [-0.2, 0) is 20.8 Å². The average Bonchev–Trinajstić information content (AvgIpc) is 2.37. The first-order valence-corrected chi connectivity index (χ1v) is 6.22. The molecule has 1 aromatic carbocycles. The van der Waals surface area contributed by atoms with Crippen LogP contribution < -0.4 is 0 Å². The number of methoxy groups -OCH3 is 2. The SMILES string of the molecule is COCc1ccc(C(=O)OCC(C)(C)COC)cc1. The molecule has 0 bridgehead atoms. The van der Waals surface area contributed by atoms with Crippen LogP contribution in [0.1, 0.15) is 29.8 Å². The minimum Gasteiger partial charge on any atom is -0.461 e. The van der Waals surface area contributed by atoms with Crippen LogP contribution in [0.25, 0.3) is 0 Å². The van der Waals surface area contributed by atoms with E-state index in [0.29, 0.717) is 25.4 Å². The second kappa shape index (κ2) is 7.26. The Morgan fingerprint density at radius 3 is 2.21 bits per heavy atom. The van der Waals surface area contributed by atoms with Crippen molar-refractivity contribution in [1.82, 2.24) is 0 Å². The molecular formula is C15H22O4. The second-order valence-electron chi connectivity index (χ2n) is 5.30. The Balaban J connectivity index is 2.53. The van der Waals surface area contributed by atoms with E-state index in [4.69, 9.17) is 14.2 Å². The molecule has 0 radical (unpaired) electrons. The number of esters is 1. The van der Waals surface area contributed by atoms with E-state index in [-0.39, 0.29) is 11.4 Å². The summed E-state index contributed by atoms with van der Waals surface area (Å²) >= 11 is 0. The molecule has 0 saturated heterocycles. The van der Waals surface area contributed by atoms with Crippen LogP contribution in [0, 0.1) is 5.41 Å². The van der Waals surface area contributed by atoms with Crippen molar-refractivity contribution in [2.45, 2.75) is 20.5 Å². The van der Waals surface area contributed by atoms with Gasteiger partial charge in [0.25, 0.3) is 0 Å². The van der Waals surface area contributed by atoms with Gasteiger partial charge in [0.15, 0.2) is 0 Å². The zero-order valence-corrected chi connectivity index (χ0v) is 12.1. The zero-order valence-electron chi connectivity index (χ0n) is 12.1. The normalized spacial score (nSPS) is 11.4. The molecule has 0 heterocycles. The molecule has 0 aliphatic heterocycles. The van der Waals surface area contributed by atoms with Crippen LogP contribution >= 0.6 is 0 Å². The van der Waals surface area contributed by atoms with E-state index < -0.39 is 0 Å². The average molecular weight is 266 g/mol. The number of rotatable bonds is 7. The predicted octanol–water partition coefficient (Wildman–Crippen LogP) is 2.66. The van der Waals surface area contributed by atoms with E-state index >= 15 is 0 Å². The molecule has 0 aliphatic carbocycles. The quantitative estimate of drug-likeness (QED) is 0.712. The standard InChI is InChI=1S/C15H22O4/c1-15(2,10-18-4)11-19-14(16)13-7-5-12(6-8-13)9-17-3/h5-8H,9-11H2,1-4H3. The number of carbonyl (C=O) groups is 1. The fourth-order valence-corrected chi connectivity index (χ4v) is 1.68. The van der Waals surface area contributed by atoms with Crippen molar-refractivity contribution in [2.75, 3.05) is 27.4 Å². The van der Waals surface area contributed by atoms with Gasteiger partial charge in [-0.15, -0.1) is 0 Å². The number of benzene rings is 1. The minimum atomic E-state index is -0.312. The van der Waals surface area contributed by atoms with E-state index in [0.717, 1.165) is 5.56 Å². The van der Waals surface area contributed by atoms with Crippen LogP contribution in [0.3, 0.4) is 0 Å². The molecule has 4 nitrogen and oxygen atoms in total. The molecule has 0 aliphatic rings. The monoisotopic (exact) mass is 266 g/mol. The Hall–Kier alpha value is -1.39. The highest BCUT2D eigenvalue weighted by atomic mass is 16.5. The van der Waals surface area contributed by atoms with Crippen LogP contribution in [0.15, 0.2) is 24.3 Å². The lowest BCUT2D eigenvalue weighted by atomic mass is 9.96. The summed E-state index contributed by atoms with van der Waals surface area (Å²) in [5.41, 5.74) is 1.40. The fourth-order valence-electron chi connectivity index (χ4n) is 1.68. The third-order valence-corrected chi connectivity index (χ3v) is 2.63. The zero-order chi connectivity index (χ0) is 14.3. The Kier molecular flexibility index (Phi) is 5.99. The molecule has 0 amide bonds. The molecule has 0 atom stereocenters. The molecule has 0 fully saturated rings. The largest absolute Gasteiger partial charge is 0.461 e. The van der Waals surface area contributed by atoms with Crippen LogP contribution in [0.4, 0.5) is 0 Å². The van der Waals surface area contributed by atoms with Crippen molar-refractivity contribution < 1.29 is 19.0 Å². The van der Waals surface area contributed by atoms with Gasteiger partial charge < -0.3 is 14.2 Å². The van der Waals surface area contributed by atoms with Crippen molar-refractivity contribution in [3.05, 3.63) is 35.4 Å². The summed E-state index contributed by atoms with van der Waals surface area (Å²) in [7, 11) is 3.28. The van der Waals surface area contributed by atoms with Gasteiger partial charge in [0, 0.05) is 19.6 Å². The molecule has 0 N–H and O–H groups in total. The first-order chi connectivity index (χ1) is 8.98. The Morgan fingerprint density at radius 2 is 1.68 bits per heavy atom. The van der Waals surface area contributed by atoms with E-state index in [1.807, 2.05) is 26.0 Å². The molecule has 106 valence electrons. The van der Waals surface area contributed by atoms with Crippen molar-refractivity contribution in [1.29, 1.82) is 0 Å². The van der Waals surface area contributed by atoms with E-state index in [1.165, 1.54) is 0 Å². The molecule has 0 saturated carbocycles. The highest BCUT2D eigenvalue weighted by Crippen LogP contribution is 2.16. The van der Waals surface area contributed by atoms with E-state index in [9.17, 15) is 4.79 Å². The number of ether oxygens (including phenoxy) is 3. The van der Waals surface area contributed by atoms with Gasteiger partial charge in [-0.2, -0.15) is 0 Å². The molecule has 0 aromatic heterocycles. The third-order valence-electron chi connectivity index (χ3n) is 2.63. The van der Waals surface area contributed by atoms with Gasteiger partial charge in [0.05, 0.1) is 25.4 Å². The van der Waals surface area contributed by atoms with Gasteiger partial charge in [-0.3, -0.25) is 0 Å². The van der Waals surface area contributed by atoms with Gasteiger partial charge in [0.2, 0.25) is 0 Å². The number of hydrogen-bond acceptors (Lipinski definition) is 4. The summed E-state index contributed by atoms with van der Waals surface area (Å²) in [6.07, 6.45) is 0. The molecule has 0 spiro atoms. The summed E-state index contributed by atoms with van der Waals surface area (Å²) in [5.74, 6) is -0.312. The van der Waals surface area contributed by atoms with Gasteiger partial charge in [-0.1, -0.05) is 26.0 Å². The Bertz CT molecular complexity index is 395. The predicted molar refractivity (Wildman–Crippen MR) is 73.1 cm³/mol. The minimum absolute atomic E-state index is 0.180. The third kappa shape index (κ3) is 5.41. The molecular weight excluding hydrogens is 244 g/mol. The van der Waals surface area contributed by atoms with E-state index in [2.05, 4.69) is 0 Å². The summed E-state index contributed by atoms with van der Waals surface area (Å²) < 4.78 is 15.4. The fraction of sp³-hybridized carbons (Fsp3) is 0.533. The summed E-state index contributed by atoms with van der Waals surface area (Å²) in [5, 5.41) is 0. The van der Waals surface area contributed by atoms with Crippen molar-refractivity contribution >= 4 is 5.97 Å². The van der Waals surface area contributed by atoms with Gasteiger partial charge in [0.1, 0.15) is 0 Å². The maximum absolute atomic E-state index is 11.9. The first kappa shape index (κ1) is 15.7. The van der Waals surface area contributed by atoms with E-state index in [1.54, 1.807) is 26.4 Å². The Labute approximate surface area is 114 Å². The highest BCUT2D eigenvalue weighted by Gasteiger charge is 2.20. The molecule has 1 aromatic rings. The summed E-state index contributed by atoms with van der Waals surface area (Å²) in [6.45, 7) is 5.40. The highest BCUT2D eigenvalue weighted by molar-refractivity contribution is 5.89. The van der Waals surface area contributed by atoms with Crippen LogP contribution in [-0.4, -0.2) is 33.4 Å². The lowest BCUT2D eigenvalue weighted by molar-refractivity contribution is 0.0136. The number of carbonyl (C=O) groups excluding carboxylic acids is 1. The van der Waals surface area contributed by atoms with Crippen LogP contribution in [0.2, 0.25) is 0 Å². The lowest BCUT2D eigenvalue weighted by Gasteiger charge is -2.22. The molecule has 4 heteroatoms. The van der Waals surface area contributed by atoms with Crippen molar-refractivity contribution in [3.63, 3.8) is 0 Å². The van der Waals surface area contributed by atoms with Crippen molar-refractivity contribution in [3.8, 4) is 0 Å². The Morgan fingerprint density at radius 1 is 1.05 bits per heavy atom. The smallest absolute Gasteiger partial charge is 0.338 e. The maximum Gasteiger partial charge on any atom is 0.338 e. The van der Waals surface area contributed by atoms with Gasteiger partial charge in [-0.05, 0) is 17.7 Å². The summed E-state index contributed by atoms with van der Waals surface area (Å²) in [6, 6.07) is 7.22. The molecule has 0 unspecified atom stereocenters. The molecule has 19 heavy (non-hydrogen) atoms. The maximum atomic E-state index is 11.9. The van der Waals surface area contributed by atoms with Crippen molar-refractivity contribution in [2.24, 2.45) is 5.41 Å². The van der Waals surface area contributed by atoms with Gasteiger partial charge in [-0.25, -0.2) is 4.79 Å². The van der Waals surface area contributed by atoms with Crippen LogP contribution in [0.5, 0.6) is 0 Å². The second-order valence-corrected chi connectivity index (χ2v) is 5.30. The first-order valence-electron chi connectivity index (χ1n) is 6.22. The van der Waals surface area contributed by atoms with Gasteiger partial charge >= 0.3 is 5.97 Å². The molecule has 1 rings (SSSR count). The number of hydrogen-bond donors (Lipinski definition) is 0. The summed E-state index contributed by atoms with van der Waals surface area (Å²) in [4.78, 5) is 11.9. The lowest BCUT2D eigenvalue weighted by Crippen LogP contribution is -2.26.